The first kappa shape index (κ1) is 26.0. The third-order valence-corrected chi connectivity index (χ3v) is 7.98. The van der Waals surface area contributed by atoms with Gasteiger partial charge in [0.15, 0.2) is 0 Å². The Morgan fingerprint density at radius 1 is 1.11 bits per heavy atom. The predicted molar refractivity (Wildman–Crippen MR) is 135 cm³/mol. The van der Waals surface area contributed by atoms with E-state index in [-0.39, 0.29) is 29.9 Å². The highest BCUT2D eigenvalue weighted by molar-refractivity contribution is 6.35. The molecule has 1 N–H and O–H groups in total. The molecule has 10 heteroatoms. The quantitative estimate of drug-likeness (QED) is 0.553. The highest BCUT2D eigenvalue weighted by atomic mass is 35.5. The molecule has 3 atom stereocenters. The van der Waals surface area contributed by atoms with Crippen LogP contribution < -0.4 is 5.32 Å². The number of nitrogens with zero attached hydrogens (tertiary/aromatic N) is 3. The number of amides is 3. The van der Waals surface area contributed by atoms with E-state index in [1.165, 1.54) is 0 Å². The number of halogens is 2. The third-order valence-electron chi connectivity index (χ3n) is 7.39. The molecule has 2 heterocycles. The molecule has 35 heavy (non-hydrogen) atoms. The minimum atomic E-state index is -0.635. The predicted octanol–water partition coefficient (Wildman–Crippen LogP) is 3.20. The number of urea groups is 1. The average Bonchev–Trinajstić information content (AvgIpc) is 3.29. The molecule has 3 amide bonds. The summed E-state index contributed by atoms with van der Waals surface area (Å²) in [6.07, 6.45) is 4.31. The fourth-order valence-electron chi connectivity index (χ4n) is 5.57. The lowest BCUT2D eigenvalue weighted by Gasteiger charge is -2.44. The fourth-order valence-corrected chi connectivity index (χ4v) is 6.05. The first-order valence-electron chi connectivity index (χ1n) is 12.6. The lowest BCUT2D eigenvalue weighted by Crippen LogP contribution is -2.59. The Hall–Kier alpha value is -2.03. The summed E-state index contributed by atoms with van der Waals surface area (Å²) in [5, 5.41) is 3.82. The van der Waals surface area contributed by atoms with E-state index in [0.29, 0.717) is 62.3 Å². The first-order chi connectivity index (χ1) is 16.9. The van der Waals surface area contributed by atoms with Gasteiger partial charge < -0.3 is 19.9 Å². The Morgan fingerprint density at radius 3 is 2.51 bits per heavy atom. The van der Waals surface area contributed by atoms with Gasteiger partial charge in [-0.25, -0.2) is 4.79 Å². The Kier molecular flexibility index (Phi) is 8.78. The van der Waals surface area contributed by atoms with E-state index in [9.17, 15) is 14.4 Å². The molecule has 1 aromatic carbocycles. The molecule has 1 aliphatic carbocycles. The lowest BCUT2D eigenvalue weighted by atomic mass is 9.83. The summed E-state index contributed by atoms with van der Waals surface area (Å²) in [6.45, 7) is 5.75. The van der Waals surface area contributed by atoms with E-state index in [1.54, 1.807) is 17.0 Å². The summed E-state index contributed by atoms with van der Waals surface area (Å²) >= 11 is 12.4. The number of hydrogen-bond donors (Lipinski definition) is 1. The average molecular weight is 525 g/mol. The van der Waals surface area contributed by atoms with Crippen LogP contribution in [0.3, 0.4) is 0 Å². The molecule has 1 aromatic rings. The van der Waals surface area contributed by atoms with E-state index in [0.717, 1.165) is 31.2 Å². The van der Waals surface area contributed by atoms with Crippen LogP contribution in [0.1, 0.15) is 38.2 Å². The molecule has 2 aliphatic heterocycles. The number of hydrogen-bond acceptors (Lipinski definition) is 5. The summed E-state index contributed by atoms with van der Waals surface area (Å²) in [4.78, 5) is 44.5. The second-order valence-corrected chi connectivity index (χ2v) is 10.3. The minimum Gasteiger partial charge on any atom is -0.466 e. The Labute approximate surface area is 216 Å². The monoisotopic (exact) mass is 524 g/mol. The van der Waals surface area contributed by atoms with Crippen molar-refractivity contribution in [2.24, 2.45) is 5.92 Å². The molecule has 8 nitrogen and oxygen atoms in total. The summed E-state index contributed by atoms with van der Waals surface area (Å²) in [7, 11) is 0. The first-order valence-corrected chi connectivity index (χ1v) is 13.3. The lowest BCUT2D eigenvalue weighted by molar-refractivity contribution is -0.153. The van der Waals surface area contributed by atoms with Crippen molar-refractivity contribution in [3.05, 3.63) is 33.8 Å². The largest absolute Gasteiger partial charge is 0.466 e. The standard InChI is InChI=1S/C25H34Cl2N4O4/c1-2-35-24(33)19-5-3-4-6-21(19)29-11-13-30(14-12-29)23(32)22(31-10-9-28-25(31)34)15-17-7-8-18(26)16-20(17)27/h7-8,16,19,21-22H,2-6,9-15H2,1H3,(H,28,34). The fraction of sp³-hybridized carbons (Fsp3) is 0.640. The maximum Gasteiger partial charge on any atom is 0.318 e. The van der Waals surface area contributed by atoms with Crippen molar-refractivity contribution >= 4 is 41.1 Å². The minimum absolute atomic E-state index is 0.0710. The van der Waals surface area contributed by atoms with E-state index in [1.807, 2.05) is 17.9 Å². The van der Waals surface area contributed by atoms with Crippen molar-refractivity contribution in [2.75, 3.05) is 45.9 Å². The van der Waals surface area contributed by atoms with Crippen LogP contribution >= 0.6 is 23.2 Å². The van der Waals surface area contributed by atoms with Gasteiger partial charge >= 0.3 is 12.0 Å². The van der Waals surface area contributed by atoms with Crippen molar-refractivity contribution in [3.63, 3.8) is 0 Å². The highest BCUT2D eigenvalue weighted by Gasteiger charge is 2.40. The number of ether oxygens (including phenoxy) is 1. The van der Waals surface area contributed by atoms with Gasteiger partial charge in [0.1, 0.15) is 6.04 Å². The summed E-state index contributed by atoms with van der Waals surface area (Å²) in [5.74, 6) is -0.270. The molecule has 3 fully saturated rings. The zero-order valence-corrected chi connectivity index (χ0v) is 21.7. The van der Waals surface area contributed by atoms with Crippen molar-refractivity contribution in [1.82, 2.24) is 20.0 Å². The summed E-state index contributed by atoms with van der Waals surface area (Å²) < 4.78 is 5.34. The van der Waals surface area contributed by atoms with Crippen LogP contribution in [0.15, 0.2) is 18.2 Å². The van der Waals surface area contributed by atoms with Crippen molar-refractivity contribution in [1.29, 1.82) is 0 Å². The maximum absolute atomic E-state index is 13.7. The SMILES string of the molecule is CCOC(=O)C1CCCCC1N1CCN(C(=O)C(Cc2ccc(Cl)cc2Cl)N2CCNC2=O)CC1. The number of esters is 1. The number of benzene rings is 1. The van der Waals surface area contributed by atoms with Gasteiger partial charge in [0.05, 0.1) is 12.5 Å². The zero-order valence-electron chi connectivity index (χ0n) is 20.2. The number of carbonyl (C=O) groups excluding carboxylic acids is 3. The van der Waals surface area contributed by atoms with Gasteiger partial charge in [0.25, 0.3) is 0 Å². The molecule has 0 bridgehead atoms. The van der Waals surface area contributed by atoms with Gasteiger partial charge in [-0.2, -0.15) is 0 Å². The van der Waals surface area contributed by atoms with E-state index < -0.39 is 6.04 Å². The molecule has 0 radical (unpaired) electrons. The Morgan fingerprint density at radius 2 is 1.86 bits per heavy atom. The van der Waals surface area contributed by atoms with Gasteiger partial charge in [0, 0.05) is 61.8 Å². The van der Waals surface area contributed by atoms with Gasteiger partial charge in [-0.3, -0.25) is 14.5 Å². The third kappa shape index (κ3) is 6.04. The number of rotatable bonds is 7. The van der Waals surface area contributed by atoms with Crippen LogP contribution in [-0.4, -0.2) is 90.6 Å². The van der Waals surface area contributed by atoms with Gasteiger partial charge in [-0.15, -0.1) is 0 Å². The molecular formula is C25H34Cl2N4O4. The van der Waals surface area contributed by atoms with Crippen LogP contribution in [0.25, 0.3) is 0 Å². The topological polar surface area (TPSA) is 82.2 Å². The molecule has 1 saturated carbocycles. The number of carbonyl (C=O) groups is 3. The second-order valence-electron chi connectivity index (χ2n) is 9.45. The van der Waals surface area contributed by atoms with Gasteiger partial charge in [-0.05, 0) is 37.5 Å². The molecular weight excluding hydrogens is 491 g/mol. The molecule has 192 valence electrons. The second kappa shape index (κ2) is 11.8. The van der Waals surface area contributed by atoms with Gasteiger partial charge in [0.2, 0.25) is 5.91 Å². The number of nitrogens with one attached hydrogen (secondary N) is 1. The maximum atomic E-state index is 13.7. The Balaban J connectivity index is 1.44. The van der Waals surface area contributed by atoms with Crippen LogP contribution in [0.2, 0.25) is 10.0 Å². The molecule has 0 aromatic heterocycles. The smallest absolute Gasteiger partial charge is 0.318 e. The van der Waals surface area contributed by atoms with E-state index in [2.05, 4.69) is 10.2 Å². The summed E-state index contributed by atoms with van der Waals surface area (Å²) in [6, 6.07) is 4.52. The van der Waals surface area contributed by atoms with Crippen molar-refractivity contribution in [2.45, 2.75) is 51.1 Å². The molecule has 3 unspecified atom stereocenters. The van der Waals surface area contributed by atoms with E-state index in [4.69, 9.17) is 27.9 Å². The normalized spacial score (nSPS) is 24.3. The van der Waals surface area contributed by atoms with Crippen molar-refractivity contribution < 1.29 is 19.1 Å². The summed E-state index contributed by atoms with van der Waals surface area (Å²) in [5.41, 5.74) is 0.784. The molecule has 0 spiro atoms. The highest BCUT2D eigenvalue weighted by Crippen LogP contribution is 2.31. The zero-order chi connectivity index (χ0) is 24.9. The molecule has 3 aliphatic rings. The van der Waals surface area contributed by atoms with Gasteiger partial charge in [-0.1, -0.05) is 42.1 Å². The van der Waals surface area contributed by atoms with Crippen LogP contribution in [0, 0.1) is 5.92 Å². The van der Waals surface area contributed by atoms with Crippen LogP contribution in [-0.2, 0) is 20.7 Å². The molecule has 4 rings (SSSR count). The van der Waals surface area contributed by atoms with E-state index >= 15 is 0 Å². The van der Waals surface area contributed by atoms with Crippen LogP contribution in [0.5, 0.6) is 0 Å². The van der Waals surface area contributed by atoms with Crippen molar-refractivity contribution in [3.8, 4) is 0 Å². The number of piperazine rings is 1. The Bertz CT molecular complexity index is 938. The molecule has 2 saturated heterocycles. The van der Waals surface area contributed by atoms with Crippen LogP contribution in [0.4, 0.5) is 4.79 Å².